The number of allylic oxidation sites excluding steroid dienone is 2. The maximum atomic E-state index is 15.0. The number of hydrazine groups is 1. The van der Waals surface area contributed by atoms with E-state index < -0.39 is 119 Å². The molecule has 1 saturated heterocycles. The van der Waals surface area contributed by atoms with Crippen molar-refractivity contribution in [3.05, 3.63) is 78.7 Å². The molecule has 3 aliphatic rings. The summed E-state index contributed by atoms with van der Waals surface area (Å²) in [7, 11) is 0. The molecule has 10 amide bonds. The number of nitrogens with zero attached hydrogens (tertiary/aromatic N) is 1. The zero-order valence-electron chi connectivity index (χ0n) is 52.1. The van der Waals surface area contributed by atoms with Crippen molar-refractivity contribution in [2.45, 2.75) is 195 Å². The molecular weight excluding hydrogens is 1150 g/mol. The highest BCUT2D eigenvalue weighted by molar-refractivity contribution is 7.14. The highest BCUT2D eigenvalue weighted by Gasteiger charge is 2.41. The van der Waals surface area contributed by atoms with Gasteiger partial charge in [0.25, 0.3) is 17.7 Å². The first-order valence-corrected chi connectivity index (χ1v) is 32.4. The molecule has 0 saturated carbocycles. The van der Waals surface area contributed by atoms with Crippen molar-refractivity contribution in [1.29, 1.82) is 0 Å². The van der Waals surface area contributed by atoms with Crippen molar-refractivity contribution in [2.24, 2.45) is 35.1 Å². The van der Waals surface area contributed by atoms with Crippen LogP contribution in [0.2, 0.25) is 0 Å². The van der Waals surface area contributed by atoms with Crippen LogP contribution in [0.1, 0.15) is 172 Å². The van der Waals surface area contributed by atoms with Crippen molar-refractivity contribution < 1.29 is 47.9 Å². The number of amides is 10. The van der Waals surface area contributed by atoms with Crippen LogP contribution < -0.4 is 59.5 Å². The number of hydrogen-bond acceptors (Lipinski definition) is 14. The van der Waals surface area contributed by atoms with E-state index in [9.17, 15) is 47.9 Å². The Bertz CT molecular complexity index is 2990. The van der Waals surface area contributed by atoms with Crippen molar-refractivity contribution in [2.75, 3.05) is 19.6 Å². The molecule has 3 aromatic rings. The number of fused-ring (bicyclic) bond motifs is 7. The molecule has 2 aliphatic heterocycles. The van der Waals surface area contributed by atoms with Crippen LogP contribution in [0.5, 0.6) is 0 Å². The summed E-state index contributed by atoms with van der Waals surface area (Å²) in [4.78, 5) is 147. The van der Waals surface area contributed by atoms with Gasteiger partial charge in [0.1, 0.15) is 48.3 Å². The third-order valence-corrected chi connectivity index (χ3v) is 18.1. The van der Waals surface area contributed by atoms with E-state index >= 15 is 0 Å². The highest BCUT2D eigenvalue weighted by Crippen LogP contribution is 2.45. The predicted molar refractivity (Wildman–Crippen MR) is 337 cm³/mol. The van der Waals surface area contributed by atoms with Gasteiger partial charge in [0, 0.05) is 22.7 Å². The van der Waals surface area contributed by atoms with Gasteiger partial charge in [-0.25, -0.2) is 0 Å². The molecule has 24 heteroatoms. The molecule has 1 aromatic carbocycles. The molecule has 2 aromatic heterocycles. The van der Waals surface area contributed by atoms with Gasteiger partial charge >= 0.3 is 0 Å². The van der Waals surface area contributed by atoms with E-state index in [1.165, 1.54) is 27.6 Å². The lowest BCUT2D eigenvalue weighted by atomic mass is 9.97. The van der Waals surface area contributed by atoms with Gasteiger partial charge in [-0.15, -0.1) is 22.7 Å². The number of carbonyl (C=O) groups is 10. The van der Waals surface area contributed by atoms with Gasteiger partial charge in [0.2, 0.25) is 41.4 Å². The van der Waals surface area contributed by atoms with Crippen molar-refractivity contribution in [1.82, 2.24) is 53.0 Å². The van der Waals surface area contributed by atoms with Crippen LogP contribution in [-0.2, 0) is 44.8 Å². The van der Waals surface area contributed by atoms with Crippen LogP contribution in [0, 0.1) is 37.5 Å². The largest absolute Gasteiger partial charge is 0.343 e. The van der Waals surface area contributed by atoms with E-state index in [1.807, 2.05) is 53.7 Å². The molecule has 1 fully saturated rings. The summed E-state index contributed by atoms with van der Waals surface area (Å²) < 4.78 is 0. The smallest absolute Gasteiger partial charge is 0.279 e. The maximum absolute atomic E-state index is 15.0. The topological polar surface area (TPSA) is 334 Å². The third-order valence-electron chi connectivity index (χ3n) is 16.0. The fourth-order valence-electron chi connectivity index (χ4n) is 11.4. The SMILES string of the molecule is Cc1sc2cc1C1=C(CCC1)c1cc(sc1C)C(=O)N[C@@H](C(C)C)C(=O)N[C@@H](CCCN)C(=O)NC(CC(C)C)C(=O)N[C@H](Cc1ccccc1)C(=O)N1CCC[C@H]1C(=O)N[C@@H](C(C)C)C(=O)N[C@@H](CCCN)C(=O)N[C@@H](CC(C)C)C(=O)NNC2=O. The number of carbonyl (C=O) groups excluding carboxylic acids is 10. The number of rotatable bonds is 14. The summed E-state index contributed by atoms with van der Waals surface area (Å²) in [5.74, 6) is -7.42. The Morgan fingerprint density at radius 1 is 0.517 bits per heavy atom. The Kier molecular flexibility index (Phi) is 25.6. The highest BCUT2D eigenvalue weighted by atomic mass is 32.1. The molecule has 0 spiro atoms. The van der Waals surface area contributed by atoms with Crippen LogP contribution in [0.15, 0.2) is 42.5 Å². The van der Waals surface area contributed by atoms with Gasteiger partial charge in [-0.3, -0.25) is 58.8 Å². The number of nitrogens with one attached hydrogen (secondary N) is 9. The molecule has 22 nitrogen and oxygen atoms in total. The Morgan fingerprint density at radius 3 is 1.47 bits per heavy atom. The van der Waals surface area contributed by atoms with Gasteiger partial charge in [-0.1, -0.05) is 85.7 Å². The van der Waals surface area contributed by atoms with Crippen molar-refractivity contribution >= 4 is 92.9 Å². The first-order valence-electron chi connectivity index (χ1n) is 30.7. The summed E-state index contributed by atoms with van der Waals surface area (Å²) in [6.07, 6.45) is 4.10. The molecule has 87 heavy (non-hydrogen) atoms. The molecule has 476 valence electrons. The van der Waals surface area contributed by atoms with E-state index in [0.29, 0.717) is 47.4 Å². The Hall–Kier alpha value is -7.02. The zero-order valence-corrected chi connectivity index (χ0v) is 53.7. The predicted octanol–water partition coefficient (Wildman–Crippen LogP) is 4.42. The number of aryl methyl sites for hydroxylation is 2. The van der Waals surface area contributed by atoms with E-state index in [4.69, 9.17) is 11.5 Å². The van der Waals surface area contributed by atoms with Gasteiger partial charge in [-0.05, 0) is 161 Å². The van der Waals surface area contributed by atoms with E-state index in [2.05, 4.69) is 48.1 Å². The van der Waals surface area contributed by atoms with Gasteiger partial charge < -0.3 is 53.6 Å². The lowest BCUT2D eigenvalue weighted by molar-refractivity contribution is -0.143. The molecule has 4 bridgehead atoms. The minimum absolute atomic E-state index is 0.0222. The fourth-order valence-corrected chi connectivity index (χ4v) is 13.3. The molecule has 4 heterocycles. The Morgan fingerprint density at radius 2 is 0.977 bits per heavy atom. The molecule has 13 N–H and O–H groups in total. The lowest BCUT2D eigenvalue weighted by Crippen LogP contribution is -2.61. The number of nitrogens with two attached hydrogens (primary N) is 2. The van der Waals surface area contributed by atoms with Gasteiger partial charge in [0.15, 0.2) is 0 Å². The fraction of sp³-hybridized carbons (Fsp3) is 0.587. The second kappa shape index (κ2) is 32.3. The molecule has 6 rings (SSSR count). The Balaban J connectivity index is 1.38. The monoisotopic (exact) mass is 1240 g/mol. The molecular formula is C63H92N12O10S2. The molecule has 0 radical (unpaired) electrons. The lowest BCUT2D eigenvalue weighted by Gasteiger charge is -2.32. The van der Waals surface area contributed by atoms with Crippen molar-refractivity contribution in [3.63, 3.8) is 0 Å². The molecule has 1 unspecified atom stereocenters. The number of benzene rings is 1. The van der Waals surface area contributed by atoms with Crippen LogP contribution in [0.4, 0.5) is 0 Å². The van der Waals surface area contributed by atoms with E-state index in [1.54, 1.807) is 58.0 Å². The number of hydrogen-bond donors (Lipinski definition) is 11. The first-order chi connectivity index (χ1) is 41.3. The molecule has 8 atom stereocenters. The summed E-state index contributed by atoms with van der Waals surface area (Å²) in [6, 6.07) is 3.37. The van der Waals surface area contributed by atoms with Gasteiger partial charge in [0.05, 0.1) is 9.75 Å². The standard InChI is InChI=1S/C63H92N12O10S2/c1-33(2)28-46-56(78)70-48(30-39-18-12-11-13-19-39)63(85)75-27-17-24-49(75)58(80)71-52(35(5)6)61(83)66-45(23-16-26-65)55(77)69-47(29-34(3)4)57(79)73-74-60(82)51-32-43(38(10)87-51)41-21-14-20-40(41)42-31-50(86-37(42)9)59(81)72-53(36(7)8)62(84)67-44(22-15-25-64)54(76)68-46/h11-13,18-19,31-36,44-49,52-53H,14-17,20-30,64-65H2,1-10H3,(H,66,83)(H,67,84)(H,68,76)(H,69,77)(H,70,78)(H,71,80)(H,72,81)(H,73,79)(H,74,82)/t44-,45-,46?,47-,48+,49-,52-,53-/m0/s1. The van der Waals surface area contributed by atoms with Crippen LogP contribution in [0.3, 0.4) is 0 Å². The summed E-state index contributed by atoms with van der Waals surface area (Å²) >= 11 is 2.54. The minimum Gasteiger partial charge on any atom is -0.343 e. The third kappa shape index (κ3) is 18.8. The normalized spacial score (nSPS) is 24.0. The summed E-state index contributed by atoms with van der Waals surface area (Å²) in [5, 5.41) is 20.0. The quantitative estimate of drug-likeness (QED) is 0.107. The van der Waals surface area contributed by atoms with Crippen LogP contribution in [0.25, 0.3) is 11.1 Å². The summed E-state index contributed by atoms with van der Waals surface area (Å²) in [6.45, 7) is 18.9. The second-order valence-corrected chi connectivity index (χ2v) is 27.2. The van der Waals surface area contributed by atoms with E-state index in [-0.39, 0.29) is 70.0 Å². The number of thiophene rings is 2. The second-order valence-electron chi connectivity index (χ2n) is 24.6. The van der Waals surface area contributed by atoms with Crippen molar-refractivity contribution in [3.8, 4) is 0 Å². The average Bonchev–Trinajstić information content (AvgIpc) is 3.86. The Labute approximate surface area is 519 Å². The van der Waals surface area contributed by atoms with Gasteiger partial charge in [-0.2, -0.15) is 0 Å². The average molecular weight is 1240 g/mol. The molecule has 1 aliphatic carbocycles. The van der Waals surface area contributed by atoms with Crippen LogP contribution in [-0.4, -0.2) is 132 Å². The maximum Gasteiger partial charge on any atom is 0.279 e. The summed E-state index contributed by atoms with van der Waals surface area (Å²) in [5.41, 5.74) is 21.4. The minimum atomic E-state index is -1.23. The first kappa shape index (κ1) is 69.1. The van der Waals surface area contributed by atoms with Crippen LogP contribution >= 0.6 is 22.7 Å². The van der Waals surface area contributed by atoms with E-state index in [0.717, 1.165) is 38.4 Å². The zero-order chi connectivity index (χ0) is 63.8.